The number of ether oxygens (including phenoxy) is 1. The first kappa shape index (κ1) is 19.5. The topological polar surface area (TPSA) is 107 Å². The standard InChI is InChI=1S/C20H28N4O3S/c1-3-27-18(26)15-10-22-19(23-16(15)21)28-11(2)17(25)24-20-7-12-4-13(8-20)6-14(5-12)9-20/h10-14H,3-9H2,1-2H3,(H,24,25)(H2,21,22,23). The van der Waals surface area contributed by atoms with E-state index in [4.69, 9.17) is 10.5 Å². The summed E-state index contributed by atoms with van der Waals surface area (Å²) >= 11 is 1.26. The van der Waals surface area contributed by atoms with Crippen LogP contribution in [0, 0.1) is 17.8 Å². The fourth-order valence-corrected chi connectivity index (χ4v) is 6.39. The first-order valence-electron chi connectivity index (χ1n) is 10.2. The fourth-order valence-electron chi connectivity index (χ4n) is 5.64. The Balaban J connectivity index is 1.38. The van der Waals surface area contributed by atoms with Crippen LogP contribution >= 0.6 is 11.8 Å². The van der Waals surface area contributed by atoms with Crippen LogP contribution in [0.1, 0.15) is 62.7 Å². The van der Waals surface area contributed by atoms with Crippen LogP contribution < -0.4 is 11.1 Å². The lowest BCUT2D eigenvalue weighted by Gasteiger charge is -2.57. The molecule has 4 bridgehead atoms. The minimum atomic E-state index is -0.538. The number of nitrogens with one attached hydrogen (secondary N) is 1. The van der Waals surface area contributed by atoms with Crippen LogP contribution in [0.3, 0.4) is 0 Å². The minimum Gasteiger partial charge on any atom is -0.462 e. The minimum absolute atomic E-state index is 0.00565. The van der Waals surface area contributed by atoms with Crippen molar-refractivity contribution >= 4 is 29.5 Å². The molecule has 1 unspecified atom stereocenters. The van der Waals surface area contributed by atoms with Crippen LogP contribution in [0.15, 0.2) is 11.4 Å². The van der Waals surface area contributed by atoms with Gasteiger partial charge in [0.1, 0.15) is 11.4 Å². The summed E-state index contributed by atoms with van der Waals surface area (Å²) in [5.41, 5.74) is 6.02. The van der Waals surface area contributed by atoms with Crippen molar-refractivity contribution < 1.29 is 14.3 Å². The van der Waals surface area contributed by atoms with Crippen LogP contribution in [0.25, 0.3) is 0 Å². The second kappa shape index (κ2) is 7.54. The molecule has 152 valence electrons. The number of amides is 1. The average Bonchev–Trinajstić information content (AvgIpc) is 2.60. The first-order chi connectivity index (χ1) is 13.4. The van der Waals surface area contributed by atoms with Crippen LogP contribution in [-0.4, -0.2) is 39.2 Å². The summed E-state index contributed by atoms with van der Waals surface area (Å²) < 4.78 is 4.93. The summed E-state index contributed by atoms with van der Waals surface area (Å²) in [6.07, 6.45) is 8.78. The van der Waals surface area contributed by atoms with Crippen molar-refractivity contribution in [3.8, 4) is 0 Å². The van der Waals surface area contributed by atoms with Crippen LogP contribution in [0.4, 0.5) is 5.82 Å². The van der Waals surface area contributed by atoms with E-state index in [2.05, 4.69) is 15.3 Å². The summed E-state index contributed by atoms with van der Waals surface area (Å²) in [4.78, 5) is 33.0. The molecule has 1 heterocycles. The van der Waals surface area contributed by atoms with Gasteiger partial charge in [-0.15, -0.1) is 0 Å². The Morgan fingerprint density at radius 3 is 2.43 bits per heavy atom. The van der Waals surface area contributed by atoms with Gasteiger partial charge in [-0.3, -0.25) is 4.79 Å². The second-order valence-electron chi connectivity index (χ2n) is 8.62. The molecule has 4 aliphatic rings. The van der Waals surface area contributed by atoms with Crippen molar-refractivity contribution in [3.05, 3.63) is 11.8 Å². The van der Waals surface area contributed by atoms with Crippen LogP contribution in [-0.2, 0) is 9.53 Å². The van der Waals surface area contributed by atoms with Crippen molar-refractivity contribution in [1.82, 2.24) is 15.3 Å². The lowest BCUT2D eigenvalue weighted by Crippen LogP contribution is -2.60. The molecule has 0 aromatic carbocycles. The number of nitrogens with two attached hydrogens (primary N) is 1. The molecular formula is C20H28N4O3S. The van der Waals surface area contributed by atoms with E-state index in [1.165, 1.54) is 37.2 Å². The number of esters is 1. The molecule has 1 amide bonds. The third-order valence-corrected chi connectivity index (χ3v) is 7.34. The Morgan fingerprint density at radius 1 is 1.29 bits per heavy atom. The van der Waals surface area contributed by atoms with Crippen molar-refractivity contribution in [2.45, 2.75) is 68.3 Å². The van der Waals surface area contributed by atoms with Crippen molar-refractivity contribution in [2.75, 3.05) is 12.3 Å². The van der Waals surface area contributed by atoms with Gasteiger partial charge in [0.2, 0.25) is 5.91 Å². The van der Waals surface area contributed by atoms with Gasteiger partial charge in [-0.2, -0.15) is 0 Å². The quantitative estimate of drug-likeness (QED) is 0.426. The van der Waals surface area contributed by atoms with Crippen molar-refractivity contribution in [1.29, 1.82) is 0 Å². The highest BCUT2D eigenvalue weighted by Gasteiger charge is 2.51. The van der Waals surface area contributed by atoms with Gasteiger partial charge in [0, 0.05) is 11.7 Å². The molecule has 28 heavy (non-hydrogen) atoms. The van der Waals surface area contributed by atoms with Gasteiger partial charge in [0.15, 0.2) is 5.16 Å². The van der Waals surface area contributed by atoms with Crippen LogP contribution in [0.5, 0.6) is 0 Å². The third kappa shape index (κ3) is 3.83. The van der Waals surface area contributed by atoms with E-state index in [1.807, 2.05) is 6.92 Å². The maximum absolute atomic E-state index is 12.9. The zero-order chi connectivity index (χ0) is 19.9. The summed E-state index contributed by atoms with van der Waals surface area (Å²) in [6.45, 7) is 3.85. The smallest absolute Gasteiger partial charge is 0.343 e. The Hall–Kier alpha value is -1.83. The molecule has 1 atom stereocenters. The van der Waals surface area contributed by atoms with Gasteiger partial charge in [0.25, 0.3) is 0 Å². The zero-order valence-electron chi connectivity index (χ0n) is 16.4. The third-order valence-electron chi connectivity index (χ3n) is 6.37. The summed E-state index contributed by atoms with van der Waals surface area (Å²) in [5, 5.41) is 3.44. The molecule has 7 nitrogen and oxygen atoms in total. The van der Waals surface area contributed by atoms with Gasteiger partial charge in [-0.05, 0) is 70.1 Å². The van der Waals surface area contributed by atoms with E-state index in [0.717, 1.165) is 37.0 Å². The van der Waals surface area contributed by atoms with Gasteiger partial charge < -0.3 is 15.8 Å². The van der Waals surface area contributed by atoms with Crippen molar-refractivity contribution in [3.63, 3.8) is 0 Å². The largest absolute Gasteiger partial charge is 0.462 e. The molecule has 0 radical (unpaired) electrons. The highest BCUT2D eigenvalue weighted by Crippen LogP contribution is 2.55. The molecule has 0 spiro atoms. The maximum atomic E-state index is 12.9. The molecule has 1 aromatic heterocycles. The number of thioether (sulfide) groups is 1. The highest BCUT2D eigenvalue weighted by atomic mass is 32.2. The predicted octanol–water partition coefficient (Wildman–Crippen LogP) is 2.80. The number of aromatic nitrogens is 2. The number of hydrogen-bond acceptors (Lipinski definition) is 7. The average molecular weight is 405 g/mol. The van der Waals surface area contributed by atoms with E-state index in [9.17, 15) is 9.59 Å². The second-order valence-corrected chi connectivity index (χ2v) is 9.93. The monoisotopic (exact) mass is 404 g/mol. The van der Waals surface area contributed by atoms with E-state index >= 15 is 0 Å². The van der Waals surface area contributed by atoms with Crippen molar-refractivity contribution in [2.24, 2.45) is 17.8 Å². The maximum Gasteiger partial charge on any atom is 0.343 e. The van der Waals surface area contributed by atoms with E-state index < -0.39 is 5.97 Å². The number of carbonyl (C=O) groups excluding carboxylic acids is 2. The Morgan fingerprint density at radius 2 is 1.89 bits per heavy atom. The molecule has 4 saturated carbocycles. The van der Waals surface area contributed by atoms with Gasteiger partial charge in [-0.25, -0.2) is 14.8 Å². The molecule has 4 fully saturated rings. The molecule has 3 N–H and O–H groups in total. The van der Waals surface area contributed by atoms with Gasteiger partial charge in [0.05, 0.1) is 11.9 Å². The van der Waals surface area contributed by atoms with E-state index in [1.54, 1.807) is 6.92 Å². The number of anilines is 1. The van der Waals surface area contributed by atoms with Gasteiger partial charge in [-0.1, -0.05) is 11.8 Å². The molecule has 5 rings (SSSR count). The predicted molar refractivity (Wildman–Crippen MR) is 107 cm³/mol. The number of nitrogen functional groups attached to an aromatic ring is 1. The first-order valence-corrected chi connectivity index (χ1v) is 11.0. The molecule has 4 aliphatic carbocycles. The Labute approximate surface area is 169 Å². The number of carbonyl (C=O) groups is 2. The SMILES string of the molecule is CCOC(=O)c1cnc(SC(C)C(=O)NC23CC4CC(CC(C4)C2)C3)nc1N. The van der Waals surface area contributed by atoms with E-state index in [0.29, 0.717) is 5.16 Å². The van der Waals surface area contributed by atoms with Gasteiger partial charge >= 0.3 is 5.97 Å². The summed E-state index contributed by atoms with van der Waals surface area (Å²) in [5.74, 6) is 1.92. The van der Waals surface area contributed by atoms with Crippen LogP contribution in [0.2, 0.25) is 0 Å². The number of nitrogens with zero attached hydrogens (tertiary/aromatic N) is 2. The Bertz CT molecular complexity index is 749. The molecule has 1 aromatic rings. The van der Waals surface area contributed by atoms with E-state index in [-0.39, 0.29) is 34.7 Å². The normalized spacial score (nSPS) is 31.4. The number of rotatable bonds is 6. The lowest BCUT2D eigenvalue weighted by atomic mass is 9.53. The zero-order valence-corrected chi connectivity index (χ0v) is 17.3. The lowest BCUT2D eigenvalue weighted by molar-refractivity contribution is -0.126. The molecule has 0 aliphatic heterocycles. The summed E-state index contributed by atoms with van der Waals surface area (Å²) in [6, 6.07) is 0. The molecular weight excluding hydrogens is 376 g/mol. The fraction of sp³-hybridized carbons (Fsp3) is 0.700. The molecule has 0 saturated heterocycles. The summed E-state index contributed by atoms with van der Waals surface area (Å²) in [7, 11) is 0. The highest BCUT2D eigenvalue weighted by molar-refractivity contribution is 8.00. The number of hydrogen-bond donors (Lipinski definition) is 2. The molecule has 8 heteroatoms. The Kier molecular flexibility index (Phi) is 5.24.